The first kappa shape index (κ1) is 17.2. The topological polar surface area (TPSA) is 12.5 Å². The summed E-state index contributed by atoms with van der Waals surface area (Å²) in [5.74, 6) is 7.10. The number of hydrogen-bond acceptors (Lipinski definition) is 2. The van der Waals surface area contributed by atoms with Crippen LogP contribution in [0.3, 0.4) is 0 Å². The molecule has 1 atom stereocenters. The molecule has 1 heterocycles. The number of nitrogens with zero attached hydrogens (tertiary/aromatic N) is 1. The van der Waals surface area contributed by atoms with E-state index in [2.05, 4.69) is 23.8 Å². The standard InChI is InChI=1S/C20H19Cl2NO/c1-23-10-2-3-20(14-23)24-19-8-6-15(7-9-19)4-5-16-11-17(21)13-18(22)12-16/h6-9,11-13,20H,2-3,10,14H2,1H3. The van der Waals surface area contributed by atoms with Crippen LogP contribution in [-0.4, -0.2) is 31.1 Å². The van der Waals surface area contributed by atoms with Crippen LogP contribution in [0.1, 0.15) is 24.0 Å². The van der Waals surface area contributed by atoms with Crippen molar-refractivity contribution in [1.29, 1.82) is 0 Å². The smallest absolute Gasteiger partial charge is 0.119 e. The van der Waals surface area contributed by atoms with Crippen LogP contribution in [0.25, 0.3) is 0 Å². The van der Waals surface area contributed by atoms with Crippen LogP contribution in [0.5, 0.6) is 5.75 Å². The molecule has 1 fully saturated rings. The van der Waals surface area contributed by atoms with E-state index >= 15 is 0 Å². The molecule has 2 nitrogen and oxygen atoms in total. The summed E-state index contributed by atoms with van der Waals surface area (Å²) < 4.78 is 6.05. The van der Waals surface area contributed by atoms with Crippen molar-refractivity contribution in [3.8, 4) is 17.6 Å². The SMILES string of the molecule is CN1CCCC(Oc2ccc(C#Cc3cc(Cl)cc(Cl)c3)cc2)C1. The van der Waals surface area contributed by atoms with Gasteiger partial charge in [-0.25, -0.2) is 0 Å². The van der Waals surface area contributed by atoms with Crippen molar-refractivity contribution in [3.63, 3.8) is 0 Å². The van der Waals surface area contributed by atoms with Gasteiger partial charge in [0.1, 0.15) is 11.9 Å². The highest BCUT2D eigenvalue weighted by Gasteiger charge is 2.18. The molecule has 0 aliphatic carbocycles. The fourth-order valence-corrected chi connectivity index (χ4v) is 3.32. The number of rotatable bonds is 2. The zero-order valence-corrected chi connectivity index (χ0v) is 15.1. The molecule has 0 bridgehead atoms. The number of piperidine rings is 1. The minimum Gasteiger partial charge on any atom is -0.489 e. The monoisotopic (exact) mass is 359 g/mol. The van der Waals surface area contributed by atoms with Gasteiger partial charge < -0.3 is 9.64 Å². The van der Waals surface area contributed by atoms with E-state index in [4.69, 9.17) is 27.9 Å². The van der Waals surface area contributed by atoms with Crippen LogP contribution in [0, 0.1) is 11.8 Å². The molecule has 0 N–H and O–H groups in total. The van der Waals surface area contributed by atoms with Gasteiger partial charge in [0.15, 0.2) is 0 Å². The molecule has 0 aromatic heterocycles. The molecule has 0 spiro atoms. The van der Waals surface area contributed by atoms with E-state index in [0.717, 1.165) is 36.4 Å². The first-order valence-electron chi connectivity index (χ1n) is 8.02. The lowest BCUT2D eigenvalue weighted by atomic mass is 10.1. The molecule has 3 rings (SSSR count). The number of halogens is 2. The fraction of sp³-hybridized carbons (Fsp3) is 0.300. The quantitative estimate of drug-likeness (QED) is 0.709. The molecule has 124 valence electrons. The van der Waals surface area contributed by atoms with Crippen molar-refractivity contribution < 1.29 is 4.74 Å². The van der Waals surface area contributed by atoms with E-state index in [1.165, 1.54) is 6.42 Å². The lowest BCUT2D eigenvalue weighted by Gasteiger charge is -2.30. The summed E-state index contributed by atoms with van der Waals surface area (Å²) in [4.78, 5) is 2.31. The van der Waals surface area contributed by atoms with Crippen molar-refractivity contribution in [2.75, 3.05) is 20.1 Å². The summed E-state index contributed by atoms with van der Waals surface area (Å²) >= 11 is 12.0. The fourth-order valence-electron chi connectivity index (χ4n) is 2.79. The van der Waals surface area contributed by atoms with Crippen LogP contribution in [0.2, 0.25) is 10.0 Å². The van der Waals surface area contributed by atoms with E-state index < -0.39 is 0 Å². The maximum absolute atomic E-state index is 6.05. The molecule has 0 amide bonds. The summed E-state index contributed by atoms with van der Waals surface area (Å²) in [6.45, 7) is 2.14. The van der Waals surface area contributed by atoms with Crippen LogP contribution in [0.15, 0.2) is 42.5 Å². The van der Waals surface area contributed by atoms with Gasteiger partial charge in [-0.3, -0.25) is 0 Å². The molecular weight excluding hydrogens is 341 g/mol. The Morgan fingerprint density at radius 2 is 1.67 bits per heavy atom. The lowest BCUT2D eigenvalue weighted by molar-refractivity contribution is 0.104. The van der Waals surface area contributed by atoms with E-state index in [1.807, 2.05) is 24.3 Å². The molecular formula is C20H19Cl2NO. The Balaban J connectivity index is 1.65. The van der Waals surface area contributed by atoms with Crippen LogP contribution in [0.4, 0.5) is 0 Å². The second-order valence-corrected chi connectivity index (χ2v) is 6.95. The Labute approximate surface area is 153 Å². The Hall–Kier alpha value is -1.66. The zero-order valence-electron chi connectivity index (χ0n) is 13.6. The van der Waals surface area contributed by atoms with E-state index in [-0.39, 0.29) is 6.10 Å². The van der Waals surface area contributed by atoms with Crippen molar-refractivity contribution in [1.82, 2.24) is 4.90 Å². The average molecular weight is 360 g/mol. The van der Waals surface area contributed by atoms with Gasteiger partial charge in [0.25, 0.3) is 0 Å². The van der Waals surface area contributed by atoms with Gasteiger partial charge in [-0.2, -0.15) is 0 Å². The number of hydrogen-bond donors (Lipinski definition) is 0. The summed E-state index contributed by atoms with van der Waals surface area (Å²) in [5.41, 5.74) is 1.73. The third-order valence-corrected chi connectivity index (χ3v) is 4.39. The highest BCUT2D eigenvalue weighted by molar-refractivity contribution is 6.34. The van der Waals surface area contributed by atoms with Crippen LogP contribution < -0.4 is 4.74 Å². The first-order chi connectivity index (χ1) is 11.6. The number of ether oxygens (including phenoxy) is 1. The Morgan fingerprint density at radius 3 is 2.33 bits per heavy atom. The van der Waals surface area contributed by atoms with Crippen molar-refractivity contribution in [3.05, 3.63) is 63.6 Å². The van der Waals surface area contributed by atoms with Gasteiger partial charge in [0.05, 0.1) is 0 Å². The normalized spacial score (nSPS) is 17.9. The lowest BCUT2D eigenvalue weighted by Crippen LogP contribution is -2.38. The maximum atomic E-state index is 6.05. The zero-order chi connectivity index (χ0) is 16.9. The van der Waals surface area contributed by atoms with Gasteiger partial charge >= 0.3 is 0 Å². The molecule has 24 heavy (non-hydrogen) atoms. The minimum atomic E-state index is 0.272. The van der Waals surface area contributed by atoms with Crippen molar-refractivity contribution in [2.45, 2.75) is 18.9 Å². The highest BCUT2D eigenvalue weighted by atomic mass is 35.5. The predicted molar refractivity (Wildman–Crippen MR) is 100 cm³/mol. The van der Waals surface area contributed by atoms with Crippen molar-refractivity contribution >= 4 is 23.2 Å². The second kappa shape index (κ2) is 7.94. The van der Waals surface area contributed by atoms with Gasteiger partial charge in [-0.05, 0) is 68.9 Å². The number of likely N-dealkylation sites (N-methyl/N-ethyl adjacent to an activating group) is 1. The Morgan fingerprint density at radius 1 is 1.00 bits per heavy atom. The summed E-state index contributed by atoms with van der Waals surface area (Å²) in [7, 11) is 2.14. The maximum Gasteiger partial charge on any atom is 0.119 e. The average Bonchev–Trinajstić information content (AvgIpc) is 2.53. The third kappa shape index (κ3) is 4.92. The van der Waals surface area contributed by atoms with E-state index in [0.29, 0.717) is 10.0 Å². The van der Waals surface area contributed by atoms with Gasteiger partial charge in [0.2, 0.25) is 0 Å². The Kier molecular flexibility index (Phi) is 5.68. The molecule has 1 aliphatic heterocycles. The molecule has 1 aliphatic rings. The van der Waals surface area contributed by atoms with Crippen LogP contribution in [-0.2, 0) is 0 Å². The summed E-state index contributed by atoms with van der Waals surface area (Å²) in [6, 6.07) is 13.2. The molecule has 1 saturated heterocycles. The second-order valence-electron chi connectivity index (χ2n) is 6.08. The summed E-state index contributed by atoms with van der Waals surface area (Å²) in [6.07, 6.45) is 2.57. The van der Waals surface area contributed by atoms with Gasteiger partial charge in [-0.15, -0.1) is 0 Å². The molecule has 2 aromatic rings. The number of benzene rings is 2. The summed E-state index contributed by atoms with van der Waals surface area (Å²) in [5, 5.41) is 1.18. The largest absolute Gasteiger partial charge is 0.489 e. The van der Waals surface area contributed by atoms with Crippen molar-refractivity contribution in [2.24, 2.45) is 0 Å². The molecule has 4 heteroatoms. The highest BCUT2D eigenvalue weighted by Crippen LogP contribution is 2.20. The van der Waals surface area contributed by atoms with Gasteiger partial charge in [0, 0.05) is 27.7 Å². The van der Waals surface area contributed by atoms with E-state index in [1.54, 1.807) is 18.2 Å². The first-order valence-corrected chi connectivity index (χ1v) is 8.77. The molecule has 0 radical (unpaired) electrons. The Bertz CT molecular complexity index is 741. The minimum absolute atomic E-state index is 0.272. The molecule has 0 saturated carbocycles. The van der Waals surface area contributed by atoms with E-state index in [9.17, 15) is 0 Å². The van der Waals surface area contributed by atoms with Gasteiger partial charge in [-0.1, -0.05) is 35.0 Å². The van der Waals surface area contributed by atoms with Crippen LogP contribution >= 0.6 is 23.2 Å². The third-order valence-electron chi connectivity index (χ3n) is 3.95. The number of likely N-dealkylation sites (tertiary alicyclic amines) is 1. The molecule has 1 unspecified atom stereocenters. The molecule has 2 aromatic carbocycles. The predicted octanol–water partition coefficient (Wildman–Crippen LogP) is 4.87.